The van der Waals surface area contributed by atoms with Crippen LogP contribution in [0.5, 0.6) is 0 Å². The molecule has 1 atom stereocenters. The molecule has 3 aromatic rings. The molecule has 38 heavy (non-hydrogen) atoms. The van der Waals surface area contributed by atoms with Crippen molar-refractivity contribution in [3.63, 3.8) is 0 Å². The van der Waals surface area contributed by atoms with Gasteiger partial charge in [0, 0.05) is 28.7 Å². The minimum atomic E-state index is -3.68. The molecule has 3 aromatic carbocycles. The van der Waals surface area contributed by atoms with Crippen LogP contribution < -0.4 is 15.4 Å². The molecule has 0 saturated carbocycles. The average molecular weight is 576 g/mol. The summed E-state index contributed by atoms with van der Waals surface area (Å²) in [5.74, 6) is -1.19. The van der Waals surface area contributed by atoms with Crippen molar-refractivity contribution in [1.82, 2.24) is 10.2 Å². The first-order valence-corrected chi connectivity index (χ1v) is 14.5. The number of halogens is 2. The lowest BCUT2D eigenvalue weighted by atomic mass is 9.93. The van der Waals surface area contributed by atoms with Crippen LogP contribution in [0.3, 0.4) is 0 Å². The molecule has 1 heterocycles. The molecule has 11 heteroatoms. The third-order valence-corrected chi connectivity index (χ3v) is 8.18. The largest absolute Gasteiger partial charge is 0.368 e. The van der Waals surface area contributed by atoms with E-state index in [1.54, 1.807) is 18.2 Å². The van der Waals surface area contributed by atoms with Crippen molar-refractivity contribution in [3.05, 3.63) is 99.5 Å². The number of carbonyl (C=O) groups is 2. The summed E-state index contributed by atoms with van der Waals surface area (Å²) in [7, 11) is -3.68. The zero-order valence-corrected chi connectivity index (χ0v) is 23.2. The highest BCUT2D eigenvalue weighted by molar-refractivity contribution is 7.92. The van der Waals surface area contributed by atoms with Crippen LogP contribution in [0, 0.1) is 0 Å². The van der Waals surface area contributed by atoms with Gasteiger partial charge in [0.2, 0.25) is 15.9 Å². The van der Waals surface area contributed by atoms with Gasteiger partial charge < -0.3 is 11.1 Å². The van der Waals surface area contributed by atoms with Crippen molar-refractivity contribution in [3.8, 4) is 0 Å². The van der Waals surface area contributed by atoms with Crippen LogP contribution in [0.25, 0.3) is 0 Å². The molecular weight excluding hydrogens is 547 g/mol. The van der Waals surface area contributed by atoms with E-state index in [2.05, 4.69) is 10.2 Å². The Labute approximate surface area is 232 Å². The van der Waals surface area contributed by atoms with E-state index in [0.717, 1.165) is 17.4 Å². The van der Waals surface area contributed by atoms with E-state index in [9.17, 15) is 18.0 Å². The van der Waals surface area contributed by atoms with Crippen molar-refractivity contribution in [2.75, 3.05) is 23.7 Å². The Morgan fingerprint density at radius 3 is 1.97 bits per heavy atom. The van der Waals surface area contributed by atoms with Crippen molar-refractivity contribution < 1.29 is 18.0 Å². The van der Waals surface area contributed by atoms with Gasteiger partial charge in [0.15, 0.2) is 0 Å². The average Bonchev–Trinajstić information content (AvgIpc) is 2.83. The summed E-state index contributed by atoms with van der Waals surface area (Å²) in [6, 6.07) is 20.1. The molecule has 200 valence electrons. The predicted octanol–water partition coefficient (Wildman–Crippen LogP) is 3.84. The lowest BCUT2D eigenvalue weighted by Crippen LogP contribution is -2.61. The Kier molecular flexibility index (Phi) is 8.32. The monoisotopic (exact) mass is 574 g/mol. The lowest BCUT2D eigenvalue weighted by molar-refractivity contribution is -0.119. The maximum atomic E-state index is 12.9. The predicted molar refractivity (Wildman–Crippen MR) is 150 cm³/mol. The first-order chi connectivity index (χ1) is 17.9. The van der Waals surface area contributed by atoms with E-state index in [4.69, 9.17) is 28.9 Å². The summed E-state index contributed by atoms with van der Waals surface area (Å²) in [4.78, 5) is 26.1. The minimum Gasteiger partial charge on any atom is -0.368 e. The normalized spacial score (nSPS) is 15.1. The van der Waals surface area contributed by atoms with Crippen molar-refractivity contribution >= 4 is 50.7 Å². The molecule has 1 aliphatic rings. The number of carbonyl (C=O) groups excluding carboxylic acids is 2. The standard InChI is InChI=1S/C27H28Cl2N4O4S/c1-17(26(30)34)31-27(35)20-4-3-5-23(14-20)33(38(2,36)37)24-15-32(16-24)25(18-6-10-21(28)11-7-18)19-8-12-22(29)13-9-19/h3-14,17,24-25H,15-16H2,1-2H3,(H2,30,34)(H,31,35)/t17-/m1/s1. The lowest BCUT2D eigenvalue weighted by Gasteiger charge is -2.48. The van der Waals surface area contributed by atoms with Gasteiger partial charge in [-0.1, -0.05) is 53.5 Å². The fourth-order valence-corrected chi connectivity index (χ4v) is 5.98. The second-order valence-electron chi connectivity index (χ2n) is 9.32. The second-order valence-corrected chi connectivity index (χ2v) is 12.1. The van der Waals surface area contributed by atoms with Crippen molar-refractivity contribution in [2.24, 2.45) is 5.73 Å². The van der Waals surface area contributed by atoms with Gasteiger partial charge in [-0.25, -0.2) is 8.42 Å². The highest BCUT2D eigenvalue weighted by atomic mass is 35.5. The number of rotatable bonds is 9. The highest BCUT2D eigenvalue weighted by Gasteiger charge is 2.40. The molecule has 0 radical (unpaired) electrons. The smallest absolute Gasteiger partial charge is 0.251 e. The first-order valence-electron chi connectivity index (χ1n) is 11.9. The summed E-state index contributed by atoms with van der Waals surface area (Å²) < 4.78 is 27.2. The quantitative estimate of drug-likeness (QED) is 0.403. The minimum absolute atomic E-state index is 0.130. The van der Waals surface area contributed by atoms with Crippen LogP contribution in [0.1, 0.15) is 34.5 Å². The van der Waals surface area contributed by atoms with Gasteiger partial charge in [0.1, 0.15) is 6.04 Å². The SMILES string of the molecule is C[C@@H](NC(=O)c1cccc(N(C2CN(C(c3ccc(Cl)cc3)c3ccc(Cl)cc3)C2)S(C)(=O)=O)c1)C(N)=O. The number of hydrogen-bond acceptors (Lipinski definition) is 5. The van der Waals surface area contributed by atoms with E-state index in [-0.39, 0.29) is 17.6 Å². The van der Waals surface area contributed by atoms with E-state index < -0.39 is 27.9 Å². The first kappa shape index (κ1) is 27.9. The molecule has 1 saturated heterocycles. The summed E-state index contributed by atoms with van der Waals surface area (Å²) >= 11 is 12.2. The highest BCUT2D eigenvalue weighted by Crippen LogP contribution is 2.36. The molecule has 0 unspecified atom stereocenters. The molecule has 2 amide bonds. The van der Waals surface area contributed by atoms with Gasteiger partial charge in [-0.3, -0.25) is 18.8 Å². The van der Waals surface area contributed by atoms with Gasteiger partial charge >= 0.3 is 0 Å². The van der Waals surface area contributed by atoms with E-state index in [0.29, 0.717) is 28.8 Å². The second kappa shape index (κ2) is 11.3. The van der Waals surface area contributed by atoms with E-state index in [1.165, 1.54) is 17.3 Å². The van der Waals surface area contributed by atoms with Crippen molar-refractivity contribution in [1.29, 1.82) is 0 Å². The van der Waals surface area contributed by atoms with E-state index in [1.807, 2.05) is 48.5 Å². The number of nitrogens with one attached hydrogen (secondary N) is 1. The van der Waals surface area contributed by atoms with Crippen LogP contribution in [-0.2, 0) is 14.8 Å². The van der Waals surface area contributed by atoms with Gasteiger partial charge in [0.25, 0.3) is 5.91 Å². The maximum Gasteiger partial charge on any atom is 0.251 e. The molecule has 1 aliphatic heterocycles. The molecule has 0 spiro atoms. The Morgan fingerprint density at radius 1 is 0.974 bits per heavy atom. The third kappa shape index (κ3) is 6.30. The molecule has 0 aromatic heterocycles. The van der Waals surface area contributed by atoms with E-state index >= 15 is 0 Å². The zero-order chi connectivity index (χ0) is 27.6. The van der Waals surface area contributed by atoms with Crippen LogP contribution >= 0.6 is 23.2 Å². The zero-order valence-electron chi connectivity index (χ0n) is 20.8. The Morgan fingerprint density at radius 2 is 1.50 bits per heavy atom. The van der Waals surface area contributed by atoms with Crippen molar-refractivity contribution in [2.45, 2.75) is 25.0 Å². The van der Waals surface area contributed by atoms with Crippen LogP contribution in [0.2, 0.25) is 10.0 Å². The number of amides is 2. The Balaban J connectivity index is 1.60. The number of benzene rings is 3. The number of primary amides is 1. The van der Waals surface area contributed by atoms with Crippen LogP contribution in [0.15, 0.2) is 72.8 Å². The summed E-state index contributed by atoms with van der Waals surface area (Å²) in [6.07, 6.45) is 1.15. The molecular formula is C27H28Cl2N4O4S. The van der Waals surface area contributed by atoms with Gasteiger partial charge in [-0.2, -0.15) is 0 Å². The molecule has 8 nitrogen and oxygen atoms in total. The summed E-state index contributed by atoms with van der Waals surface area (Å²) in [5.41, 5.74) is 7.86. The maximum absolute atomic E-state index is 12.9. The number of likely N-dealkylation sites (tertiary alicyclic amines) is 1. The number of nitrogens with zero attached hydrogens (tertiary/aromatic N) is 2. The van der Waals surface area contributed by atoms with Gasteiger partial charge in [-0.05, 0) is 60.5 Å². The molecule has 0 bridgehead atoms. The van der Waals surface area contributed by atoms with Crippen LogP contribution in [-0.4, -0.2) is 56.6 Å². The van der Waals surface area contributed by atoms with Gasteiger partial charge in [-0.15, -0.1) is 0 Å². The number of anilines is 1. The third-order valence-electron chi connectivity index (χ3n) is 6.45. The topological polar surface area (TPSA) is 113 Å². The Hall–Kier alpha value is -3.11. The van der Waals surface area contributed by atoms with Gasteiger partial charge in [0.05, 0.1) is 24.0 Å². The van der Waals surface area contributed by atoms with Crippen LogP contribution in [0.4, 0.5) is 5.69 Å². The fraction of sp³-hybridized carbons (Fsp3) is 0.259. The fourth-order valence-electron chi connectivity index (χ4n) is 4.56. The molecule has 4 rings (SSSR count). The number of sulfonamides is 1. The molecule has 0 aliphatic carbocycles. The Bertz CT molecular complexity index is 1380. The molecule has 1 fully saturated rings. The summed E-state index contributed by atoms with van der Waals surface area (Å²) in [5, 5.41) is 3.77. The summed E-state index contributed by atoms with van der Waals surface area (Å²) in [6.45, 7) is 2.39. The number of nitrogens with two attached hydrogens (primary N) is 1. The molecule has 3 N–H and O–H groups in total. The number of hydrogen-bond donors (Lipinski definition) is 2.